The van der Waals surface area contributed by atoms with E-state index in [9.17, 15) is 4.79 Å². The Kier molecular flexibility index (Phi) is 1.78. The minimum Gasteiger partial charge on any atom is -0.481 e. The van der Waals surface area contributed by atoms with Crippen LogP contribution in [-0.2, 0) is 4.79 Å². The van der Waals surface area contributed by atoms with Crippen LogP contribution in [0.5, 0.6) is 0 Å². The van der Waals surface area contributed by atoms with Crippen molar-refractivity contribution < 1.29 is 9.90 Å². The molecule has 0 heterocycles. The Balaban J connectivity index is 2.80. The Hall–Kier alpha value is -0.790. The highest BCUT2D eigenvalue weighted by Crippen LogP contribution is 2.41. The van der Waals surface area contributed by atoms with Gasteiger partial charge in [0.1, 0.15) is 0 Å². The summed E-state index contributed by atoms with van der Waals surface area (Å²) in [5.74, 6) is -0.672. The molecular formula is C9H14O2. The van der Waals surface area contributed by atoms with E-state index in [0.717, 1.165) is 0 Å². The molecule has 0 saturated heterocycles. The molecule has 0 unspecified atom stereocenters. The highest BCUT2D eigenvalue weighted by molar-refractivity contribution is 5.76. The molecule has 0 aromatic rings. The van der Waals surface area contributed by atoms with Crippen LogP contribution in [0.15, 0.2) is 11.1 Å². The minimum absolute atomic E-state index is 0.520. The van der Waals surface area contributed by atoms with Crippen molar-refractivity contribution in [1.82, 2.24) is 0 Å². The number of aliphatic carboxylic acids is 1. The molecule has 2 nitrogen and oxygen atoms in total. The molecule has 62 valence electrons. The summed E-state index contributed by atoms with van der Waals surface area (Å²) in [6.07, 6.45) is 1.43. The maximum Gasteiger partial charge on any atom is 0.309 e. The molecule has 0 atom stereocenters. The molecule has 0 fully saturated rings. The predicted octanol–water partition coefficient (Wildman–Crippen LogP) is 2.21. The Morgan fingerprint density at radius 2 is 1.73 bits per heavy atom. The van der Waals surface area contributed by atoms with Crippen molar-refractivity contribution in [2.75, 3.05) is 0 Å². The van der Waals surface area contributed by atoms with E-state index < -0.39 is 11.4 Å². The summed E-state index contributed by atoms with van der Waals surface area (Å²) in [6, 6.07) is 0. The molecule has 2 heteroatoms. The van der Waals surface area contributed by atoms with Gasteiger partial charge in [-0.05, 0) is 33.6 Å². The van der Waals surface area contributed by atoms with Crippen molar-refractivity contribution in [1.29, 1.82) is 0 Å². The molecule has 1 N–H and O–H groups in total. The van der Waals surface area contributed by atoms with E-state index in [4.69, 9.17) is 5.11 Å². The highest BCUT2D eigenvalue weighted by Gasteiger charge is 2.38. The molecule has 0 aliphatic heterocycles. The Morgan fingerprint density at radius 3 is 1.91 bits per heavy atom. The fourth-order valence-electron chi connectivity index (χ4n) is 1.69. The van der Waals surface area contributed by atoms with Crippen LogP contribution in [0.25, 0.3) is 0 Å². The van der Waals surface area contributed by atoms with Crippen molar-refractivity contribution in [2.24, 2.45) is 5.41 Å². The number of hydrogen-bond acceptors (Lipinski definition) is 1. The van der Waals surface area contributed by atoms with Gasteiger partial charge in [-0.15, -0.1) is 0 Å². The zero-order valence-corrected chi connectivity index (χ0v) is 7.27. The molecule has 1 aliphatic carbocycles. The van der Waals surface area contributed by atoms with Crippen molar-refractivity contribution in [3.8, 4) is 0 Å². The molecule has 1 aliphatic rings. The monoisotopic (exact) mass is 154 g/mol. The second-order valence-electron chi connectivity index (χ2n) is 3.78. The third-order valence-corrected chi connectivity index (χ3v) is 2.56. The molecular weight excluding hydrogens is 140 g/mol. The van der Waals surface area contributed by atoms with Crippen LogP contribution in [0.2, 0.25) is 0 Å². The fraction of sp³-hybridized carbons (Fsp3) is 0.667. The predicted molar refractivity (Wildman–Crippen MR) is 43.4 cm³/mol. The van der Waals surface area contributed by atoms with Gasteiger partial charge in [-0.2, -0.15) is 0 Å². The second kappa shape index (κ2) is 2.36. The van der Waals surface area contributed by atoms with Crippen molar-refractivity contribution in [3.63, 3.8) is 0 Å². The number of hydrogen-bond donors (Lipinski definition) is 1. The average molecular weight is 154 g/mol. The number of carboxylic acid groups (broad SMARTS) is 1. The van der Waals surface area contributed by atoms with Gasteiger partial charge in [0.25, 0.3) is 0 Å². The summed E-state index contributed by atoms with van der Waals surface area (Å²) in [7, 11) is 0. The zero-order valence-electron chi connectivity index (χ0n) is 7.27. The third-order valence-electron chi connectivity index (χ3n) is 2.56. The maximum absolute atomic E-state index is 10.8. The molecule has 1 rings (SSSR count). The molecule has 0 bridgehead atoms. The van der Waals surface area contributed by atoms with Gasteiger partial charge in [-0.25, -0.2) is 0 Å². The van der Waals surface area contributed by atoms with Crippen LogP contribution in [0.3, 0.4) is 0 Å². The summed E-state index contributed by atoms with van der Waals surface area (Å²) in [6.45, 7) is 5.85. The largest absolute Gasteiger partial charge is 0.481 e. The van der Waals surface area contributed by atoms with Crippen molar-refractivity contribution in [3.05, 3.63) is 11.1 Å². The Labute approximate surface area is 66.9 Å². The first kappa shape index (κ1) is 8.31. The average Bonchev–Trinajstić information content (AvgIpc) is 2.09. The SMILES string of the molecule is CC1=C(C)CC(C)(C(=O)O)C1. The van der Waals surface area contributed by atoms with Crippen molar-refractivity contribution in [2.45, 2.75) is 33.6 Å². The lowest BCUT2D eigenvalue weighted by atomic mass is 9.86. The fourth-order valence-corrected chi connectivity index (χ4v) is 1.69. The number of carboxylic acids is 1. The summed E-state index contributed by atoms with van der Waals surface area (Å²) in [5, 5.41) is 8.88. The van der Waals surface area contributed by atoms with E-state index in [1.807, 2.05) is 20.8 Å². The smallest absolute Gasteiger partial charge is 0.309 e. The van der Waals surface area contributed by atoms with Gasteiger partial charge >= 0.3 is 5.97 Å². The summed E-state index contributed by atoms with van der Waals surface area (Å²) in [5.41, 5.74) is 1.97. The van der Waals surface area contributed by atoms with Crippen LogP contribution in [-0.4, -0.2) is 11.1 Å². The van der Waals surface area contributed by atoms with E-state index in [1.54, 1.807) is 0 Å². The molecule has 0 radical (unpaired) electrons. The number of carbonyl (C=O) groups is 1. The maximum atomic E-state index is 10.8. The molecule has 0 aromatic carbocycles. The van der Waals surface area contributed by atoms with E-state index >= 15 is 0 Å². The minimum atomic E-state index is -0.672. The first-order chi connectivity index (χ1) is 4.96. The van der Waals surface area contributed by atoms with Gasteiger partial charge in [0.05, 0.1) is 5.41 Å². The normalized spacial score (nSPS) is 22.5. The lowest BCUT2D eigenvalue weighted by Crippen LogP contribution is -2.24. The van der Waals surface area contributed by atoms with E-state index in [1.165, 1.54) is 11.1 Å². The molecule has 11 heavy (non-hydrogen) atoms. The molecule has 0 amide bonds. The number of allylic oxidation sites excluding steroid dienone is 2. The van der Waals surface area contributed by atoms with Crippen molar-refractivity contribution >= 4 is 5.97 Å². The quantitative estimate of drug-likeness (QED) is 0.588. The summed E-state index contributed by atoms with van der Waals surface area (Å²) >= 11 is 0. The topological polar surface area (TPSA) is 37.3 Å². The first-order valence-electron chi connectivity index (χ1n) is 3.84. The van der Waals surface area contributed by atoms with E-state index in [2.05, 4.69) is 0 Å². The van der Waals surface area contributed by atoms with E-state index in [0.29, 0.717) is 12.8 Å². The molecule has 0 saturated carbocycles. The van der Waals surface area contributed by atoms with Crippen LogP contribution >= 0.6 is 0 Å². The standard InChI is InChI=1S/C9H14O2/c1-6-4-9(3,8(10)11)5-7(6)2/h4-5H2,1-3H3,(H,10,11). The van der Waals surface area contributed by atoms with Gasteiger partial charge in [0.15, 0.2) is 0 Å². The lowest BCUT2D eigenvalue weighted by Gasteiger charge is -2.17. The van der Waals surface area contributed by atoms with Crippen LogP contribution in [0, 0.1) is 5.41 Å². The third kappa shape index (κ3) is 1.30. The van der Waals surface area contributed by atoms with E-state index in [-0.39, 0.29) is 0 Å². The Morgan fingerprint density at radius 1 is 1.36 bits per heavy atom. The lowest BCUT2D eigenvalue weighted by molar-refractivity contribution is -0.147. The number of rotatable bonds is 1. The molecule has 0 spiro atoms. The van der Waals surface area contributed by atoms with Gasteiger partial charge in [0.2, 0.25) is 0 Å². The van der Waals surface area contributed by atoms with Crippen LogP contribution in [0.4, 0.5) is 0 Å². The van der Waals surface area contributed by atoms with Gasteiger partial charge < -0.3 is 5.11 Å². The second-order valence-corrected chi connectivity index (χ2v) is 3.78. The summed E-state index contributed by atoms with van der Waals surface area (Å²) in [4.78, 5) is 10.8. The van der Waals surface area contributed by atoms with Gasteiger partial charge in [0, 0.05) is 0 Å². The van der Waals surface area contributed by atoms with Crippen LogP contribution in [0.1, 0.15) is 33.6 Å². The Bertz CT molecular complexity index is 212. The summed E-state index contributed by atoms with van der Waals surface area (Å²) < 4.78 is 0. The molecule has 0 aromatic heterocycles. The van der Waals surface area contributed by atoms with Gasteiger partial charge in [-0.1, -0.05) is 11.1 Å². The van der Waals surface area contributed by atoms with Gasteiger partial charge in [-0.3, -0.25) is 4.79 Å². The first-order valence-corrected chi connectivity index (χ1v) is 3.84. The van der Waals surface area contributed by atoms with Crippen LogP contribution < -0.4 is 0 Å². The highest BCUT2D eigenvalue weighted by atomic mass is 16.4. The zero-order chi connectivity index (χ0) is 8.65.